The maximum Gasteiger partial charge on any atom is 0.0419 e. The second kappa shape index (κ2) is 4.48. The summed E-state index contributed by atoms with van der Waals surface area (Å²) < 4.78 is 1.34. The highest BCUT2D eigenvalue weighted by Crippen LogP contribution is 2.21. The topological polar surface area (TPSA) is 15.8 Å². The van der Waals surface area contributed by atoms with Crippen molar-refractivity contribution in [3.63, 3.8) is 0 Å². The lowest BCUT2D eigenvalue weighted by Crippen LogP contribution is -1.80. The fourth-order valence-corrected chi connectivity index (χ4v) is 2.55. The molecule has 3 rings (SSSR count). The molecule has 0 aliphatic heterocycles. The first-order valence-electron chi connectivity index (χ1n) is 5.50. The Hall–Kier alpha value is -1.98. The highest BCUT2D eigenvalue weighted by Gasteiger charge is 1.95. The molecule has 82 valence electrons. The number of H-pyrrole nitrogens is 1. The van der Waals surface area contributed by atoms with Crippen LogP contribution >= 0.6 is 11.3 Å². The summed E-state index contributed by atoms with van der Waals surface area (Å²) in [4.78, 5) is 3.00. The molecular formula is C15H11NS. The van der Waals surface area contributed by atoms with E-state index in [1.54, 1.807) is 11.3 Å². The molecule has 17 heavy (non-hydrogen) atoms. The van der Waals surface area contributed by atoms with Gasteiger partial charge in [-0.05, 0) is 40.6 Å². The number of hydrogen-bond acceptors (Lipinski definition) is 1. The predicted octanol–water partition coefficient (Wildman–Crippen LogP) is 3.82. The number of thiophene rings is 1. The molecule has 0 aliphatic rings. The molecule has 0 amide bonds. The monoisotopic (exact) mass is 237 g/mol. The molecule has 3 aromatic rings. The number of benzene rings is 1. The normalized spacial score (nSPS) is 10.1. The summed E-state index contributed by atoms with van der Waals surface area (Å²) in [6, 6.07) is 10.7. The molecule has 0 saturated carbocycles. The molecule has 2 heterocycles. The molecular weight excluding hydrogens is 226 g/mol. The molecule has 1 N–H and O–H groups in total. The zero-order chi connectivity index (χ0) is 11.5. The Labute approximate surface area is 104 Å². The van der Waals surface area contributed by atoms with Crippen LogP contribution in [-0.2, 0) is 6.42 Å². The first-order valence-corrected chi connectivity index (χ1v) is 6.37. The van der Waals surface area contributed by atoms with Crippen LogP contribution in [0.4, 0.5) is 0 Å². The standard InChI is InChI=1S/C15H11NS/c1(3-13-6-8-16-11-13)2-12-4-5-15-14(10-12)7-9-17-15/h4-11,16H,2H2. The number of fused-ring (bicyclic) bond motifs is 1. The van der Waals surface area contributed by atoms with E-state index in [0.29, 0.717) is 0 Å². The first-order chi connectivity index (χ1) is 8.42. The van der Waals surface area contributed by atoms with Gasteiger partial charge in [-0.3, -0.25) is 0 Å². The third-order valence-electron chi connectivity index (χ3n) is 2.64. The van der Waals surface area contributed by atoms with Crippen molar-refractivity contribution in [1.29, 1.82) is 0 Å². The zero-order valence-electron chi connectivity index (χ0n) is 9.23. The molecule has 2 heteroatoms. The van der Waals surface area contributed by atoms with Gasteiger partial charge in [0.25, 0.3) is 0 Å². The molecule has 0 bridgehead atoms. The molecule has 0 aliphatic carbocycles. The molecule has 1 nitrogen and oxygen atoms in total. The van der Waals surface area contributed by atoms with E-state index < -0.39 is 0 Å². The fraction of sp³-hybridized carbons (Fsp3) is 0.0667. The van der Waals surface area contributed by atoms with Crippen LogP contribution in [0.2, 0.25) is 0 Å². The minimum absolute atomic E-state index is 0.803. The van der Waals surface area contributed by atoms with Crippen molar-refractivity contribution in [3.05, 3.63) is 59.2 Å². The number of aromatic nitrogens is 1. The van der Waals surface area contributed by atoms with Gasteiger partial charge in [0.05, 0.1) is 0 Å². The number of aromatic amines is 1. The van der Waals surface area contributed by atoms with Crippen LogP contribution in [0.25, 0.3) is 10.1 Å². The fourth-order valence-electron chi connectivity index (χ4n) is 1.78. The van der Waals surface area contributed by atoms with Crippen molar-refractivity contribution in [1.82, 2.24) is 4.98 Å². The van der Waals surface area contributed by atoms with E-state index in [-0.39, 0.29) is 0 Å². The van der Waals surface area contributed by atoms with Crippen LogP contribution in [0.1, 0.15) is 11.1 Å². The van der Waals surface area contributed by atoms with Gasteiger partial charge in [0.1, 0.15) is 0 Å². The Bertz CT molecular complexity index is 680. The average Bonchev–Trinajstić information content (AvgIpc) is 2.98. The summed E-state index contributed by atoms with van der Waals surface area (Å²) in [6.45, 7) is 0. The van der Waals surface area contributed by atoms with E-state index in [1.807, 2.05) is 18.5 Å². The van der Waals surface area contributed by atoms with E-state index in [2.05, 4.69) is 46.5 Å². The van der Waals surface area contributed by atoms with Crippen LogP contribution in [0, 0.1) is 11.8 Å². The van der Waals surface area contributed by atoms with Gasteiger partial charge in [0, 0.05) is 29.1 Å². The molecule has 1 aromatic carbocycles. The van der Waals surface area contributed by atoms with Gasteiger partial charge in [-0.2, -0.15) is 0 Å². The zero-order valence-corrected chi connectivity index (χ0v) is 10.1. The molecule has 0 atom stereocenters. The largest absolute Gasteiger partial charge is 0.367 e. The number of nitrogens with one attached hydrogen (secondary N) is 1. The van der Waals surface area contributed by atoms with Crippen LogP contribution in [0.5, 0.6) is 0 Å². The second-order valence-electron chi connectivity index (χ2n) is 3.87. The van der Waals surface area contributed by atoms with Crippen molar-refractivity contribution in [2.24, 2.45) is 0 Å². The Morgan fingerprint density at radius 1 is 1.18 bits per heavy atom. The number of hydrogen-bond donors (Lipinski definition) is 1. The van der Waals surface area contributed by atoms with E-state index in [4.69, 9.17) is 0 Å². The average molecular weight is 237 g/mol. The summed E-state index contributed by atoms with van der Waals surface area (Å²) in [7, 11) is 0. The summed E-state index contributed by atoms with van der Waals surface area (Å²) in [5.41, 5.74) is 2.32. The van der Waals surface area contributed by atoms with Crippen molar-refractivity contribution in [3.8, 4) is 11.8 Å². The third kappa shape index (κ3) is 2.25. The van der Waals surface area contributed by atoms with E-state index in [0.717, 1.165) is 12.0 Å². The van der Waals surface area contributed by atoms with Gasteiger partial charge in [-0.15, -0.1) is 11.3 Å². The smallest absolute Gasteiger partial charge is 0.0419 e. The van der Waals surface area contributed by atoms with Gasteiger partial charge in [0.2, 0.25) is 0 Å². The second-order valence-corrected chi connectivity index (χ2v) is 4.82. The highest BCUT2D eigenvalue weighted by atomic mass is 32.1. The lowest BCUT2D eigenvalue weighted by Gasteiger charge is -1.94. The van der Waals surface area contributed by atoms with Crippen molar-refractivity contribution < 1.29 is 0 Å². The van der Waals surface area contributed by atoms with Gasteiger partial charge < -0.3 is 4.98 Å². The lowest BCUT2D eigenvalue weighted by atomic mass is 10.1. The quantitative estimate of drug-likeness (QED) is 0.619. The van der Waals surface area contributed by atoms with Crippen molar-refractivity contribution >= 4 is 21.4 Å². The lowest BCUT2D eigenvalue weighted by molar-refractivity contribution is 1.33. The molecule has 0 radical (unpaired) electrons. The molecule has 2 aromatic heterocycles. The van der Waals surface area contributed by atoms with Crippen LogP contribution in [-0.4, -0.2) is 4.98 Å². The van der Waals surface area contributed by atoms with Crippen molar-refractivity contribution in [2.45, 2.75) is 6.42 Å². The van der Waals surface area contributed by atoms with Gasteiger partial charge in [0.15, 0.2) is 0 Å². The third-order valence-corrected chi connectivity index (χ3v) is 3.54. The Balaban J connectivity index is 1.80. The maximum atomic E-state index is 3.19. The Morgan fingerprint density at radius 2 is 2.18 bits per heavy atom. The first kappa shape index (κ1) is 10.2. The molecule has 0 saturated heterocycles. The Morgan fingerprint density at radius 3 is 3.06 bits per heavy atom. The van der Waals surface area contributed by atoms with Crippen LogP contribution < -0.4 is 0 Å². The summed E-state index contributed by atoms with van der Waals surface area (Å²) >= 11 is 1.78. The summed E-state index contributed by atoms with van der Waals surface area (Å²) in [6.07, 6.45) is 4.60. The van der Waals surface area contributed by atoms with E-state index in [1.165, 1.54) is 15.6 Å². The SMILES string of the molecule is C(#Cc1cc[nH]c1)Cc1ccc2sccc2c1. The van der Waals surface area contributed by atoms with Gasteiger partial charge >= 0.3 is 0 Å². The van der Waals surface area contributed by atoms with E-state index >= 15 is 0 Å². The maximum absolute atomic E-state index is 3.19. The molecule has 0 spiro atoms. The van der Waals surface area contributed by atoms with Crippen LogP contribution in [0.15, 0.2) is 48.1 Å². The minimum atomic E-state index is 0.803. The predicted molar refractivity (Wildman–Crippen MR) is 73.2 cm³/mol. The molecule has 0 fully saturated rings. The minimum Gasteiger partial charge on any atom is -0.367 e. The summed E-state index contributed by atoms with van der Waals surface area (Å²) in [5, 5.41) is 3.44. The number of rotatable bonds is 1. The highest BCUT2D eigenvalue weighted by molar-refractivity contribution is 7.17. The summed E-state index contributed by atoms with van der Waals surface area (Å²) in [5.74, 6) is 6.33. The molecule has 0 unspecified atom stereocenters. The van der Waals surface area contributed by atoms with Crippen molar-refractivity contribution in [2.75, 3.05) is 0 Å². The van der Waals surface area contributed by atoms with Gasteiger partial charge in [-0.1, -0.05) is 17.9 Å². The van der Waals surface area contributed by atoms with E-state index in [9.17, 15) is 0 Å². The Kier molecular flexibility index (Phi) is 2.69. The van der Waals surface area contributed by atoms with Gasteiger partial charge in [-0.25, -0.2) is 0 Å². The van der Waals surface area contributed by atoms with Crippen LogP contribution in [0.3, 0.4) is 0 Å².